The number of cyclic esters (lactones) is 1. The Labute approximate surface area is 72.7 Å². The molecule has 0 aromatic heterocycles. The predicted molar refractivity (Wildman–Crippen MR) is 45.7 cm³/mol. The van der Waals surface area contributed by atoms with Crippen LogP contribution in [0.25, 0.3) is 0 Å². The Bertz CT molecular complexity index is 170. The zero-order valence-electron chi connectivity index (χ0n) is 7.62. The van der Waals surface area contributed by atoms with Crippen LogP contribution < -0.4 is 5.73 Å². The quantitative estimate of drug-likeness (QED) is 0.671. The first kappa shape index (κ1) is 9.32. The molecule has 1 heterocycles. The smallest absolute Gasteiger partial charge is 0.410 e. The van der Waals surface area contributed by atoms with Crippen molar-refractivity contribution in [1.82, 2.24) is 4.90 Å². The van der Waals surface area contributed by atoms with Crippen molar-refractivity contribution in [2.24, 2.45) is 11.7 Å². The molecule has 0 aromatic rings. The van der Waals surface area contributed by atoms with Gasteiger partial charge in [0.2, 0.25) is 0 Å². The van der Waals surface area contributed by atoms with E-state index >= 15 is 0 Å². The summed E-state index contributed by atoms with van der Waals surface area (Å²) in [6, 6.07) is 0. The first-order valence-corrected chi connectivity index (χ1v) is 4.29. The Morgan fingerprint density at radius 3 is 2.83 bits per heavy atom. The highest BCUT2D eigenvalue weighted by atomic mass is 16.6. The van der Waals surface area contributed by atoms with Gasteiger partial charge in [0.15, 0.2) is 0 Å². The maximum Gasteiger partial charge on any atom is 0.410 e. The molecule has 0 aromatic carbocycles. The largest absolute Gasteiger partial charge is 0.443 e. The highest BCUT2D eigenvalue weighted by molar-refractivity contribution is 5.69. The summed E-state index contributed by atoms with van der Waals surface area (Å²) in [6.45, 7) is 5.97. The summed E-state index contributed by atoms with van der Waals surface area (Å²) in [5.74, 6) is 0.481. The Hall–Kier alpha value is -0.770. The Kier molecular flexibility index (Phi) is 2.92. The molecule has 4 heteroatoms. The first-order valence-electron chi connectivity index (χ1n) is 4.29. The van der Waals surface area contributed by atoms with E-state index in [-0.39, 0.29) is 12.2 Å². The third kappa shape index (κ3) is 2.11. The standard InChI is InChI=1S/C8H16N2O2/c1-6(2)4-10-5-7(3-9)12-8(10)11/h6-7H,3-5,9H2,1-2H3. The highest BCUT2D eigenvalue weighted by Gasteiger charge is 2.30. The molecule has 2 N–H and O–H groups in total. The van der Waals surface area contributed by atoms with Crippen LogP contribution in [-0.2, 0) is 4.74 Å². The molecule has 1 aliphatic heterocycles. The summed E-state index contributed by atoms with van der Waals surface area (Å²) in [4.78, 5) is 12.8. The number of amides is 1. The molecule has 0 spiro atoms. The molecule has 70 valence electrons. The summed E-state index contributed by atoms with van der Waals surface area (Å²) >= 11 is 0. The molecule has 1 unspecified atom stereocenters. The van der Waals surface area contributed by atoms with Gasteiger partial charge in [-0.2, -0.15) is 0 Å². The van der Waals surface area contributed by atoms with Crippen LogP contribution in [0.4, 0.5) is 4.79 Å². The topological polar surface area (TPSA) is 55.6 Å². The third-order valence-corrected chi connectivity index (χ3v) is 1.80. The van der Waals surface area contributed by atoms with Crippen molar-refractivity contribution in [2.45, 2.75) is 20.0 Å². The van der Waals surface area contributed by atoms with Gasteiger partial charge in [0, 0.05) is 13.1 Å². The summed E-state index contributed by atoms with van der Waals surface area (Å²) in [6.07, 6.45) is -0.324. The molecule has 0 aliphatic carbocycles. The predicted octanol–water partition coefficient (Wildman–Crippen LogP) is 0.422. The molecule has 1 amide bonds. The molecule has 1 saturated heterocycles. The van der Waals surface area contributed by atoms with E-state index < -0.39 is 0 Å². The van der Waals surface area contributed by atoms with E-state index in [0.717, 1.165) is 6.54 Å². The maximum atomic E-state index is 11.1. The number of carbonyl (C=O) groups is 1. The van der Waals surface area contributed by atoms with Crippen molar-refractivity contribution in [3.8, 4) is 0 Å². The zero-order valence-corrected chi connectivity index (χ0v) is 7.62. The van der Waals surface area contributed by atoms with Gasteiger partial charge in [-0.1, -0.05) is 13.8 Å². The van der Waals surface area contributed by atoms with Crippen LogP contribution in [0.5, 0.6) is 0 Å². The minimum atomic E-state index is -0.223. The number of hydrogen-bond acceptors (Lipinski definition) is 3. The van der Waals surface area contributed by atoms with E-state index in [2.05, 4.69) is 13.8 Å². The molecule has 1 aliphatic rings. The van der Waals surface area contributed by atoms with Gasteiger partial charge in [-0.15, -0.1) is 0 Å². The summed E-state index contributed by atoms with van der Waals surface area (Å²) in [5.41, 5.74) is 5.39. The second kappa shape index (κ2) is 3.76. The van der Waals surface area contributed by atoms with Gasteiger partial charge in [-0.3, -0.25) is 0 Å². The van der Waals surface area contributed by atoms with E-state index in [9.17, 15) is 4.79 Å². The maximum absolute atomic E-state index is 11.1. The molecule has 0 bridgehead atoms. The van der Waals surface area contributed by atoms with Crippen LogP contribution in [0, 0.1) is 5.92 Å². The van der Waals surface area contributed by atoms with Crippen LogP contribution in [0.3, 0.4) is 0 Å². The molecule has 1 atom stereocenters. The van der Waals surface area contributed by atoms with Gasteiger partial charge in [-0.05, 0) is 5.92 Å². The van der Waals surface area contributed by atoms with Crippen LogP contribution in [0.2, 0.25) is 0 Å². The first-order chi connectivity index (χ1) is 5.63. The van der Waals surface area contributed by atoms with Gasteiger partial charge in [0.25, 0.3) is 0 Å². The highest BCUT2D eigenvalue weighted by Crippen LogP contribution is 2.11. The Balaban J connectivity index is 2.41. The number of ether oxygens (including phenoxy) is 1. The fourth-order valence-electron chi connectivity index (χ4n) is 1.29. The minimum Gasteiger partial charge on any atom is -0.443 e. The van der Waals surface area contributed by atoms with Crippen molar-refractivity contribution >= 4 is 6.09 Å². The molecule has 1 fully saturated rings. The van der Waals surface area contributed by atoms with E-state index in [0.29, 0.717) is 19.0 Å². The fraction of sp³-hybridized carbons (Fsp3) is 0.875. The van der Waals surface area contributed by atoms with Crippen LogP contribution in [0.1, 0.15) is 13.8 Å². The number of nitrogens with two attached hydrogens (primary N) is 1. The van der Waals surface area contributed by atoms with Crippen LogP contribution in [0.15, 0.2) is 0 Å². The average molecular weight is 172 g/mol. The molecule has 0 radical (unpaired) electrons. The average Bonchev–Trinajstić information content (AvgIpc) is 2.31. The lowest BCUT2D eigenvalue weighted by Crippen LogP contribution is -2.30. The van der Waals surface area contributed by atoms with E-state index in [1.807, 2.05) is 0 Å². The molecule has 1 rings (SSSR count). The lowest BCUT2D eigenvalue weighted by Gasteiger charge is -2.14. The number of hydrogen-bond donors (Lipinski definition) is 1. The van der Waals surface area contributed by atoms with E-state index in [1.54, 1.807) is 4.90 Å². The normalized spacial score (nSPS) is 23.5. The second-order valence-corrected chi connectivity index (χ2v) is 3.54. The molecule has 0 saturated carbocycles. The van der Waals surface area contributed by atoms with E-state index in [4.69, 9.17) is 10.5 Å². The third-order valence-electron chi connectivity index (χ3n) is 1.80. The SMILES string of the molecule is CC(C)CN1CC(CN)OC1=O. The summed E-state index contributed by atoms with van der Waals surface area (Å²) < 4.78 is 4.99. The molecule has 4 nitrogen and oxygen atoms in total. The van der Waals surface area contributed by atoms with Crippen LogP contribution >= 0.6 is 0 Å². The van der Waals surface area contributed by atoms with Crippen molar-refractivity contribution in [3.05, 3.63) is 0 Å². The van der Waals surface area contributed by atoms with Gasteiger partial charge >= 0.3 is 6.09 Å². The zero-order chi connectivity index (χ0) is 9.14. The minimum absolute atomic E-state index is 0.101. The number of rotatable bonds is 3. The molecular formula is C8H16N2O2. The Morgan fingerprint density at radius 2 is 2.42 bits per heavy atom. The number of nitrogens with zero attached hydrogens (tertiary/aromatic N) is 1. The Morgan fingerprint density at radius 1 is 1.75 bits per heavy atom. The second-order valence-electron chi connectivity index (χ2n) is 3.54. The lowest BCUT2D eigenvalue weighted by atomic mass is 10.2. The lowest BCUT2D eigenvalue weighted by molar-refractivity contribution is 0.133. The fourth-order valence-corrected chi connectivity index (χ4v) is 1.29. The molecular weight excluding hydrogens is 156 g/mol. The number of carbonyl (C=O) groups excluding carboxylic acids is 1. The monoisotopic (exact) mass is 172 g/mol. The summed E-state index contributed by atoms with van der Waals surface area (Å²) in [5, 5.41) is 0. The molecule has 12 heavy (non-hydrogen) atoms. The van der Waals surface area contributed by atoms with Crippen molar-refractivity contribution < 1.29 is 9.53 Å². The van der Waals surface area contributed by atoms with Crippen molar-refractivity contribution in [3.63, 3.8) is 0 Å². The van der Waals surface area contributed by atoms with Gasteiger partial charge in [0.05, 0.1) is 6.54 Å². The van der Waals surface area contributed by atoms with E-state index in [1.165, 1.54) is 0 Å². The van der Waals surface area contributed by atoms with Gasteiger partial charge in [0.1, 0.15) is 6.10 Å². The summed E-state index contributed by atoms with van der Waals surface area (Å²) in [7, 11) is 0. The van der Waals surface area contributed by atoms with Gasteiger partial charge in [-0.25, -0.2) is 4.79 Å². The van der Waals surface area contributed by atoms with Crippen molar-refractivity contribution in [1.29, 1.82) is 0 Å². The van der Waals surface area contributed by atoms with Crippen LogP contribution in [-0.4, -0.2) is 36.7 Å². The van der Waals surface area contributed by atoms with Crippen molar-refractivity contribution in [2.75, 3.05) is 19.6 Å². The van der Waals surface area contributed by atoms with Gasteiger partial charge < -0.3 is 15.4 Å².